The number of nitrogens with one attached hydrogen (secondary N) is 1. The molecule has 1 aliphatic rings. The number of hydrogen-bond acceptors (Lipinski definition) is 3. The van der Waals surface area contributed by atoms with E-state index >= 15 is 0 Å². The van der Waals surface area contributed by atoms with E-state index < -0.39 is 0 Å². The number of likely N-dealkylation sites (N-methyl/N-ethyl adjacent to an activating group) is 1. The van der Waals surface area contributed by atoms with E-state index in [2.05, 4.69) is 12.2 Å². The van der Waals surface area contributed by atoms with Crippen molar-refractivity contribution in [1.82, 2.24) is 10.2 Å². The number of rotatable bonds is 7. The third-order valence-corrected chi connectivity index (χ3v) is 4.84. The fourth-order valence-electron chi connectivity index (χ4n) is 2.99. The molecule has 0 spiro atoms. The molecular formula is C18H28Cl2N2O2. The van der Waals surface area contributed by atoms with Crippen LogP contribution in [0.3, 0.4) is 0 Å². The summed E-state index contributed by atoms with van der Waals surface area (Å²) in [6.07, 6.45) is 2.98. The van der Waals surface area contributed by atoms with E-state index in [1.165, 1.54) is 12.8 Å². The minimum Gasteiger partial charge on any atom is -0.492 e. The van der Waals surface area contributed by atoms with E-state index in [4.69, 9.17) is 16.3 Å². The molecule has 1 atom stereocenters. The Bertz CT molecular complexity index is 508. The zero-order chi connectivity index (χ0) is 16.7. The first kappa shape index (κ1) is 21.1. The molecule has 4 nitrogen and oxygen atoms in total. The average molecular weight is 375 g/mol. The van der Waals surface area contributed by atoms with Gasteiger partial charge >= 0.3 is 0 Å². The highest BCUT2D eigenvalue weighted by molar-refractivity contribution is 6.30. The first-order chi connectivity index (χ1) is 11.1. The molecule has 1 aliphatic heterocycles. The Morgan fingerprint density at radius 3 is 2.79 bits per heavy atom. The van der Waals surface area contributed by atoms with Crippen molar-refractivity contribution in [2.24, 2.45) is 11.8 Å². The molecule has 0 aromatic heterocycles. The second kappa shape index (κ2) is 10.8. The fraction of sp³-hybridized carbons (Fsp3) is 0.611. The molecule has 6 heteroatoms. The minimum absolute atomic E-state index is 0. The van der Waals surface area contributed by atoms with Gasteiger partial charge in [0.25, 0.3) is 0 Å². The van der Waals surface area contributed by atoms with E-state index in [1.807, 2.05) is 25.2 Å². The topological polar surface area (TPSA) is 41.6 Å². The molecule has 24 heavy (non-hydrogen) atoms. The maximum Gasteiger partial charge on any atom is 0.222 e. The van der Waals surface area contributed by atoms with Crippen LogP contribution < -0.4 is 10.1 Å². The summed E-state index contributed by atoms with van der Waals surface area (Å²) in [7, 11) is 1.85. The van der Waals surface area contributed by atoms with Crippen LogP contribution in [-0.2, 0) is 4.79 Å². The van der Waals surface area contributed by atoms with E-state index in [9.17, 15) is 4.79 Å². The molecule has 1 unspecified atom stereocenters. The number of nitrogens with zero attached hydrogens (tertiary/aromatic N) is 1. The third-order valence-electron chi connectivity index (χ3n) is 4.60. The molecule has 2 rings (SSSR count). The molecule has 136 valence electrons. The van der Waals surface area contributed by atoms with Crippen LogP contribution in [0.5, 0.6) is 5.75 Å². The van der Waals surface area contributed by atoms with Crippen molar-refractivity contribution < 1.29 is 9.53 Å². The van der Waals surface area contributed by atoms with Gasteiger partial charge in [0.05, 0.1) is 6.54 Å². The lowest BCUT2D eigenvalue weighted by Gasteiger charge is -2.29. The van der Waals surface area contributed by atoms with Gasteiger partial charge in [0.15, 0.2) is 0 Å². The number of halogens is 2. The van der Waals surface area contributed by atoms with Crippen molar-refractivity contribution in [3.05, 3.63) is 29.3 Å². The summed E-state index contributed by atoms with van der Waals surface area (Å²) in [6.45, 7) is 5.41. The molecule has 0 aliphatic carbocycles. The number of ether oxygens (including phenoxy) is 1. The van der Waals surface area contributed by atoms with Gasteiger partial charge in [0, 0.05) is 18.5 Å². The summed E-state index contributed by atoms with van der Waals surface area (Å²) in [5, 5.41) is 4.03. The quantitative estimate of drug-likeness (QED) is 0.792. The SMILES string of the molecule is CC(CC(=O)N(C)CCOc1cccc(Cl)c1)C1CCNCC1.Cl. The van der Waals surface area contributed by atoms with Crippen molar-refractivity contribution in [2.45, 2.75) is 26.2 Å². The van der Waals surface area contributed by atoms with Gasteiger partial charge in [-0.1, -0.05) is 24.6 Å². The van der Waals surface area contributed by atoms with Gasteiger partial charge in [-0.25, -0.2) is 0 Å². The summed E-state index contributed by atoms with van der Waals surface area (Å²) < 4.78 is 5.64. The van der Waals surface area contributed by atoms with Crippen molar-refractivity contribution in [3.8, 4) is 5.75 Å². The van der Waals surface area contributed by atoms with Crippen LogP contribution in [-0.4, -0.2) is 44.1 Å². The molecule has 1 saturated heterocycles. The fourth-order valence-corrected chi connectivity index (χ4v) is 3.17. The van der Waals surface area contributed by atoms with E-state index in [-0.39, 0.29) is 18.3 Å². The number of benzene rings is 1. The van der Waals surface area contributed by atoms with Crippen molar-refractivity contribution in [3.63, 3.8) is 0 Å². The third kappa shape index (κ3) is 6.88. The van der Waals surface area contributed by atoms with Crippen LogP contribution in [0.25, 0.3) is 0 Å². The summed E-state index contributed by atoms with van der Waals surface area (Å²) >= 11 is 5.92. The predicted octanol–water partition coefficient (Wildman–Crippen LogP) is 3.62. The maximum atomic E-state index is 12.3. The van der Waals surface area contributed by atoms with Gasteiger partial charge in [-0.3, -0.25) is 4.79 Å². The van der Waals surface area contributed by atoms with Crippen molar-refractivity contribution in [2.75, 3.05) is 33.3 Å². The highest BCUT2D eigenvalue weighted by Gasteiger charge is 2.23. The van der Waals surface area contributed by atoms with Crippen LogP contribution >= 0.6 is 24.0 Å². The van der Waals surface area contributed by atoms with Crippen molar-refractivity contribution in [1.29, 1.82) is 0 Å². The van der Waals surface area contributed by atoms with Gasteiger partial charge in [-0.05, 0) is 56.0 Å². The summed E-state index contributed by atoms with van der Waals surface area (Å²) in [4.78, 5) is 14.1. The molecule has 0 radical (unpaired) electrons. The van der Waals surface area contributed by atoms with Gasteiger partial charge < -0.3 is 15.0 Å². The first-order valence-corrected chi connectivity index (χ1v) is 8.77. The predicted molar refractivity (Wildman–Crippen MR) is 101 cm³/mol. The second-order valence-electron chi connectivity index (χ2n) is 6.39. The minimum atomic E-state index is 0. The molecule has 0 bridgehead atoms. The lowest BCUT2D eigenvalue weighted by atomic mass is 9.84. The molecule has 1 heterocycles. The number of hydrogen-bond donors (Lipinski definition) is 1. The van der Waals surface area contributed by atoms with Crippen LogP contribution in [0, 0.1) is 11.8 Å². The van der Waals surface area contributed by atoms with Crippen LogP contribution in [0.1, 0.15) is 26.2 Å². The Morgan fingerprint density at radius 2 is 2.12 bits per heavy atom. The Kier molecular flexibility index (Phi) is 9.49. The highest BCUT2D eigenvalue weighted by Crippen LogP contribution is 2.24. The molecule has 1 fully saturated rings. The lowest BCUT2D eigenvalue weighted by Crippen LogP contribution is -2.35. The first-order valence-electron chi connectivity index (χ1n) is 8.39. The smallest absolute Gasteiger partial charge is 0.222 e. The van der Waals surface area contributed by atoms with E-state index in [0.717, 1.165) is 18.8 Å². The summed E-state index contributed by atoms with van der Waals surface area (Å²) in [5.74, 6) is 2.05. The number of piperidine rings is 1. The Morgan fingerprint density at radius 1 is 1.42 bits per heavy atom. The van der Waals surface area contributed by atoms with E-state index in [0.29, 0.717) is 36.4 Å². The Hall–Kier alpha value is -0.970. The Labute approximate surface area is 156 Å². The second-order valence-corrected chi connectivity index (χ2v) is 6.83. The molecule has 1 aromatic carbocycles. The van der Waals surface area contributed by atoms with Crippen LogP contribution in [0.2, 0.25) is 5.02 Å². The molecule has 1 amide bonds. The monoisotopic (exact) mass is 374 g/mol. The molecular weight excluding hydrogens is 347 g/mol. The molecule has 1 N–H and O–H groups in total. The van der Waals surface area contributed by atoms with Gasteiger partial charge in [-0.15, -0.1) is 12.4 Å². The largest absolute Gasteiger partial charge is 0.492 e. The number of carbonyl (C=O) groups excluding carboxylic acids is 1. The van der Waals surface area contributed by atoms with Crippen LogP contribution in [0.4, 0.5) is 0 Å². The standard InChI is InChI=1S/C18H27ClN2O2.ClH/c1-14(15-6-8-20-9-7-15)12-18(22)21(2)10-11-23-17-5-3-4-16(19)13-17;/h3-5,13-15,20H,6-12H2,1-2H3;1H. The summed E-state index contributed by atoms with van der Waals surface area (Å²) in [6, 6.07) is 7.31. The van der Waals surface area contributed by atoms with E-state index in [1.54, 1.807) is 11.0 Å². The van der Waals surface area contributed by atoms with Crippen LogP contribution in [0.15, 0.2) is 24.3 Å². The highest BCUT2D eigenvalue weighted by atomic mass is 35.5. The number of carbonyl (C=O) groups is 1. The Balaban J connectivity index is 0.00000288. The van der Waals surface area contributed by atoms with Gasteiger partial charge in [0.2, 0.25) is 5.91 Å². The lowest BCUT2D eigenvalue weighted by molar-refractivity contribution is -0.131. The van der Waals surface area contributed by atoms with Gasteiger partial charge in [0.1, 0.15) is 12.4 Å². The van der Waals surface area contributed by atoms with Gasteiger partial charge in [-0.2, -0.15) is 0 Å². The average Bonchev–Trinajstić information content (AvgIpc) is 2.55. The normalized spacial score (nSPS) is 16.1. The maximum absolute atomic E-state index is 12.3. The number of amides is 1. The zero-order valence-corrected chi connectivity index (χ0v) is 16.0. The van der Waals surface area contributed by atoms with Crippen molar-refractivity contribution >= 4 is 29.9 Å². The zero-order valence-electron chi connectivity index (χ0n) is 14.5. The molecule has 0 saturated carbocycles. The summed E-state index contributed by atoms with van der Waals surface area (Å²) in [5.41, 5.74) is 0. The molecule has 1 aromatic rings.